The molecular formula is C15H21N3S. The van der Waals surface area contributed by atoms with E-state index in [1.807, 2.05) is 18.7 Å². The molecule has 0 spiro atoms. The number of aromatic nitrogens is 2. The average Bonchev–Trinajstić information content (AvgIpc) is 2.67. The summed E-state index contributed by atoms with van der Waals surface area (Å²) in [4.78, 5) is 1.29. The minimum absolute atomic E-state index is 0.497. The van der Waals surface area contributed by atoms with E-state index in [-0.39, 0.29) is 0 Å². The van der Waals surface area contributed by atoms with E-state index in [9.17, 15) is 0 Å². The van der Waals surface area contributed by atoms with Crippen LogP contribution in [-0.4, -0.2) is 15.8 Å². The molecule has 0 fully saturated rings. The van der Waals surface area contributed by atoms with Gasteiger partial charge >= 0.3 is 0 Å². The number of nitrogens with zero attached hydrogens (tertiary/aromatic N) is 2. The van der Waals surface area contributed by atoms with Gasteiger partial charge in [-0.15, -0.1) is 0 Å². The summed E-state index contributed by atoms with van der Waals surface area (Å²) in [5, 5.41) is 9.04. The first kappa shape index (κ1) is 14.2. The summed E-state index contributed by atoms with van der Waals surface area (Å²) in [6.45, 7) is 7.26. The Morgan fingerprint density at radius 1 is 1.32 bits per heavy atom. The summed E-state index contributed by atoms with van der Waals surface area (Å²) in [5.41, 5.74) is 2.39. The predicted octanol–water partition coefficient (Wildman–Crippen LogP) is 3.38. The Bertz CT molecular complexity index is 546. The SMILES string of the molecule is Cc1cc(Sc2ccccc2CNC(C)C)n(C)n1. The first-order valence-electron chi connectivity index (χ1n) is 6.56. The molecule has 1 aromatic heterocycles. The highest BCUT2D eigenvalue weighted by Crippen LogP contribution is 2.30. The van der Waals surface area contributed by atoms with E-state index in [1.165, 1.54) is 15.5 Å². The lowest BCUT2D eigenvalue weighted by atomic mass is 10.2. The normalized spacial score (nSPS) is 11.2. The highest BCUT2D eigenvalue weighted by Gasteiger charge is 2.08. The highest BCUT2D eigenvalue weighted by atomic mass is 32.2. The smallest absolute Gasteiger partial charge is 0.0987 e. The lowest BCUT2D eigenvalue weighted by molar-refractivity contribution is 0.584. The Kier molecular flexibility index (Phi) is 4.66. The molecule has 1 aromatic carbocycles. The fourth-order valence-electron chi connectivity index (χ4n) is 1.86. The van der Waals surface area contributed by atoms with Gasteiger partial charge in [0.15, 0.2) is 0 Å². The fraction of sp³-hybridized carbons (Fsp3) is 0.400. The van der Waals surface area contributed by atoms with Gasteiger partial charge < -0.3 is 5.32 Å². The van der Waals surface area contributed by atoms with Crippen LogP contribution in [0.4, 0.5) is 0 Å². The Morgan fingerprint density at radius 2 is 2.05 bits per heavy atom. The van der Waals surface area contributed by atoms with E-state index >= 15 is 0 Å². The zero-order valence-corrected chi connectivity index (χ0v) is 12.8. The van der Waals surface area contributed by atoms with E-state index in [0.29, 0.717) is 6.04 Å². The number of hydrogen-bond donors (Lipinski definition) is 1. The monoisotopic (exact) mass is 275 g/mol. The third-order valence-corrected chi connectivity index (χ3v) is 4.06. The molecule has 19 heavy (non-hydrogen) atoms. The molecule has 0 atom stereocenters. The number of aryl methyl sites for hydroxylation is 2. The first-order valence-corrected chi connectivity index (χ1v) is 7.37. The van der Waals surface area contributed by atoms with E-state index in [2.05, 4.69) is 54.6 Å². The summed E-state index contributed by atoms with van der Waals surface area (Å²) in [6, 6.07) is 11.2. The molecule has 0 saturated heterocycles. The van der Waals surface area contributed by atoms with Crippen molar-refractivity contribution in [2.24, 2.45) is 7.05 Å². The van der Waals surface area contributed by atoms with Crippen LogP contribution in [0, 0.1) is 6.92 Å². The molecule has 4 heteroatoms. The zero-order chi connectivity index (χ0) is 13.8. The summed E-state index contributed by atoms with van der Waals surface area (Å²) >= 11 is 1.77. The Labute approximate surface area is 119 Å². The molecule has 3 nitrogen and oxygen atoms in total. The van der Waals surface area contributed by atoms with Gasteiger partial charge in [-0.05, 0) is 24.6 Å². The summed E-state index contributed by atoms with van der Waals surface area (Å²) in [6.07, 6.45) is 0. The quantitative estimate of drug-likeness (QED) is 0.907. The Morgan fingerprint density at radius 3 is 2.68 bits per heavy atom. The molecule has 0 amide bonds. The Hall–Kier alpha value is -1.26. The molecule has 0 aliphatic heterocycles. The fourth-order valence-corrected chi connectivity index (χ4v) is 2.90. The molecule has 0 saturated carbocycles. The summed E-state index contributed by atoms with van der Waals surface area (Å²) < 4.78 is 1.94. The number of rotatable bonds is 5. The molecule has 1 heterocycles. The van der Waals surface area contributed by atoms with E-state index in [0.717, 1.165) is 12.2 Å². The highest BCUT2D eigenvalue weighted by molar-refractivity contribution is 7.99. The molecule has 0 radical (unpaired) electrons. The maximum atomic E-state index is 4.39. The zero-order valence-electron chi connectivity index (χ0n) is 12.0. The molecule has 0 aliphatic carbocycles. The predicted molar refractivity (Wildman–Crippen MR) is 80.5 cm³/mol. The Balaban J connectivity index is 2.17. The minimum atomic E-state index is 0.497. The second-order valence-electron chi connectivity index (χ2n) is 4.99. The maximum Gasteiger partial charge on any atom is 0.0987 e. The minimum Gasteiger partial charge on any atom is -0.310 e. The van der Waals surface area contributed by atoms with Crippen molar-refractivity contribution in [1.82, 2.24) is 15.1 Å². The number of nitrogens with one attached hydrogen (secondary N) is 1. The van der Waals surface area contributed by atoms with Gasteiger partial charge in [-0.1, -0.05) is 43.8 Å². The van der Waals surface area contributed by atoms with Crippen molar-refractivity contribution in [3.05, 3.63) is 41.6 Å². The van der Waals surface area contributed by atoms with Crippen LogP contribution in [0.15, 0.2) is 40.3 Å². The van der Waals surface area contributed by atoms with Gasteiger partial charge in [0, 0.05) is 24.5 Å². The van der Waals surface area contributed by atoms with Crippen LogP contribution in [0.25, 0.3) is 0 Å². The van der Waals surface area contributed by atoms with Crippen LogP contribution >= 0.6 is 11.8 Å². The van der Waals surface area contributed by atoms with Crippen molar-refractivity contribution in [3.8, 4) is 0 Å². The topological polar surface area (TPSA) is 29.9 Å². The van der Waals surface area contributed by atoms with Crippen molar-refractivity contribution < 1.29 is 0 Å². The summed E-state index contributed by atoms with van der Waals surface area (Å²) in [7, 11) is 1.99. The largest absolute Gasteiger partial charge is 0.310 e. The number of benzene rings is 1. The molecule has 2 rings (SSSR count). The van der Waals surface area contributed by atoms with Gasteiger partial charge in [0.25, 0.3) is 0 Å². The lowest BCUT2D eigenvalue weighted by Crippen LogP contribution is -2.22. The van der Waals surface area contributed by atoms with Crippen LogP contribution in [0.5, 0.6) is 0 Å². The molecule has 2 aromatic rings. The van der Waals surface area contributed by atoms with Crippen molar-refractivity contribution in [2.45, 2.75) is 43.3 Å². The van der Waals surface area contributed by atoms with Crippen LogP contribution in [0.1, 0.15) is 25.1 Å². The third kappa shape index (κ3) is 3.85. The molecular weight excluding hydrogens is 254 g/mol. The molecule has 0 aliphatic rings. The molecule has 102 valence electrons. The maximum absolute atomic E-state index is 4.39. The summed E-state index contributed by atoms with van der Waals surface area (Å²) in [5.74, 6) is 0. The standard InChI is InChI=1S/C15H21N3S/c1-11(2)16-10-13-7-5-6-8-14(13)19-15-9-12(3)17-18(15)4/h5-9,11,16H,10H2,1-4H3. The van der Waals surface area contributed by atoms with E-state index in [1.54, 1.807) is 11.8 Å². The van der Waals surface area contributed by atoms with E-state index < -0.39 is 0 Å². The molecule has 0 unspecified atom stereocenters. The van der Waals surface area contributed by atoms with Crippen molar-refractivity contribution in [3.63, 3.8) is 0 Å². The van der Waals surface area contributed by atoms with Gasteiger partial charge in [0.05, 0.1) is 10.7 Å². The van der Waals surface area contributed by atoms with Gasteiger partial charge in [0.1, 0.15) is 0 Å². The number of hydrogen-bond acceptors (Lipinski definition) is 3. The third-order valence-electron chi connectivity index (χ3n) is 2.85. The van der Waals surface area contributed by atoms with Crippen LogP contribution in [0.3, 0.4) is 0 Å². The first-order chi connectivity index (χ1) is 9.06. The van der Waals surface area contributed by atoms with Gasteiger partial charge in [-0.3, -0.25) is 4.68 Å². The second kappa shape index (κ2) is 6.26. The van der Waals surface area contributed by atoms with Gasteiger partial charge in [-0.2, -0.15) is 5.10 Å². The van der Waals surface area contributed by atoms with Crippen molar-refractivity contribution in [2.75, 3.05) is 0 Å². The van der Waals surface area contributed by atoms with Gasteiger partial charge in [0.2, 0.25) is 0 Å². The lowest BCUT2D eigenvalue weighted by Gasteiger charge is -2.12. The average molecular weight is 275 g/mol. The molecule has 1 N–H and O–H groups in total. The molecule has 0 bridgehead atoms. The second-order valence-corrected chi connectivity index (χ2v) is 6.06. The van der Waals surface area contributed by atoms with Crippen LogP contribution in [0.2, 0.25) is 0 Å². The van der Waals surface area contributed by atoms with Crippen LogP contribution < -0.4 is 5.32 Å². The van der Waals surface area contributed by atoms with Crippen molar-refractivity contribution >= 4 is 11.8 Å². The van der Waals surface area contributed by atoms with Gasteiger partial charge in [-0.25, -0.2) is 0 Å². The van der Waals surface area contributed by atoms with Crippen LogP contribution in [-0.2, 0) is 13.6 Å². The van der Waals surface area contributed by atoms with Crippen molar-refractivity contribution in [1.29, 1.82) is 0 Å². The van der Waals surface area contributed by atoms with E-state index in [4.69, 9.17) is 0 Å².